The second-order valence-corrected chi connectivity index (χ2v) is 11.3. The number of carbonyl (C=O) groups is 1. The van der Waals surface area contributed by atoms with Gasteiger partial charge in [-0.15, -0.1) is 0 Å². The lowest BCUT2D eigenvalue weighted by atomic mass is 9.94. The number of hydrogen-bond acceptors (Lipinski definition) is 5. The van der Waals surface area contributed by atoms with Gasteiger partial charge in [0.05, 0.1) is 11.4 Å². The van der Waals surface area contributed by atoms with Crippen LogP contribution < -0.4 is 4.90 Å². The van der Waals surface area contributed by atoms with Crippen LogP contribution >= 0.6 is 35.1 Å². The van der Waals surface area contributed by atoms with Crippen molar-refractivity contribution in [3.8, 4) is 0 Å². The molecule has 0 aromatic heterocycles. The van der Waals surface area contributed by atoms with E-state index in [-0.39, 0.29) is 11.9 Å². The lowest BCUT2D eigenvalue weighted by molar-refractivity contribution is -0.124. The lowest BCUT2D eigenvalue weighted by Gasteiger charge is -2.30. The van der Waals surface area contributed by atoms with Crippen molar-refractivity contribution in [3.05, 3.63) is 62.5 Å². The minimum absolute atomic E-state index is 0.0928. The average molecular weight is 498 g/mol. The third-order valence-electron chi connectivity index (χ3n) is 6.49. The van der Waals surface area contributed by atoms with Crippen molar-refractivity contribution in [1.29, 1.82) is 0 Å². The van der Waals surface area contributed by atoms with Crippen LogP contribution in [0.25, 0.3) is 0 Å². The van der Waals surface area contributed by atoms with Gasteiger partial charge in [-0.3, -0.25) is 9.69 Å². The molecule has 0 bridgehead atoms. The highest BCUT2D eigenvalue weighted by atomic mass is 35.5. The number of aryl methyl sites for hydroxylation is 2. The molecule has 2 aliphatic heterocycles. The summed E-state index contributed by atoms with van der Waals surface area (Å²) < 4.78 is 0. The molecule has 0 atom stereocenters. The van der Waals surface area contributed by atoms with Crippen LogP contribution in [0.2, 0.25) is 5.02 Å². The fraction of sp³-hybridized carbons (Fsp3) is 0.385. The molecule has 4 nitrogen and oxygen atoms in total. The van der Waals surface area contributed by atoms with Crippen LogP contribution in [0.15, 0.2) is 56.2 Å². The zero-order chi connectivity index (χ0) is 23.1. The largest absolute Gasteiger partial charge is 0.334 e. The number of rotatable bonds is 3. The number of amidine groups is 1. The fourth-order valence-electron chi connectivity index (χ4n) is 4.83. The van der Waals surface area contributed by atoms with Crippen molar-refractivity contribution < 1.29 is 4.79 Å². The van der Waals surface area contributed by atoms with E-state index in [4.69, 9.17) is 16.6 Å². The third-order valence-corrected chi connectivity index (χ3v) is 9.08. The molecular formula is C26H28ClN3OS2. The summed E-state index contributed by atoms with van der Waals surface area (Å²) in [5.74, 6) is 0.0928. The van der Waals surface area contributed by atoms with Gasteiger partial charge in [-0.05, 0) is 75.2 Å². The zero-order valence-electron chi connectivity index (χ0n) is 19.2. The predicted octanol–water partition coefficient (Wildman–Crippen LogP) is 7.65. The van der Waals surface area contributed by atoms with Gasteiger partial charge >= 0.3 is 0 Å². The lowest BCUT2D eigenvalue weighted by Crippen LogP contribution is -2.40. The van der Waals surface area contributed by atoms with Crippen molar-refractivity contribution in [2.24, 2.45) is 4.99 Å². The standard InChI is InChI=1S/C26H28ClN3OS2/c1-4-29-21-15-18(27)11-13-22(21)32-25(29)23-24(31)30(19-8-6-5-7-9-19)26(33-23)28-20-12-10-16(2)14-17(20)3/h10-15,19H,4-9H2,1-3H3. The molecular weight excluding hydrogens is 470 g/mol. The number of halogens is 1. The van der Waals surface area contributed by atoms with E-state index in [1.807, 2.05) is 23.1 Å². The van der Waals surface area contributed by atoms with Crippen LogP contribution in [0.3, 0.4) is 0 Å². The molecule has 2 aromatic rings. The molecule has 2 heterocycles. The molecule has 1 amide bonds. The van der Waals surface area contributed by atoms with E-state index in [0.29, 0.717) is 5.02 Å². The van der Waals surface area contributed by atoms with Gasteiger partial charge < -0.3 is 4.90 Å². The van der Waals surface area contributed by atoms with Crippen LogP contribution in [0, 0.1) is 13.8 Å². The van der Waals surface area contributed by atoms with Crippen molar-refractivity contribution >= 4 is 57.6 Å². The van der Waals surface area contributed by atoms with E-state index >= 15 is 0 Å². The summed E-state index contributed by atoms with van der Waals surface area (Å²) in [6.45, 7) is 7.07. The number of carbonyl (C=O) groups excluding carboxylic acids is 1. The maximum atomic E-state index is 13.9. The van der Waals surface area contributed by atoms with Crippen molar-refractivity contribution in [3.63, 3.8) is 0 Å². The molecule has 0 spiro atoms. The minimum atomic E-state index is 0.0928. The molecule has 1 aliphatic carbocycles. The van der Waals surface area contributed by atoms with Crippen LogP contribution in [-0.4, -0.2) is 28.6 Å². The molecule has 2 aromatic carbocycles. The summed E-state index contributed by atoms with van der Waals surface area (Å²) in [5, 5.41) is 2.52. The van der Waals surface area contributed by atoms with Crippen LogP contribution in [0.5, 0.6) is 0 Å². The first kappa shape index (κ1) is 22.9. The molecule has 33 heavy (non-hydrogen) atoms. The molecule has 0 unspecified atom stereocenters. The molecule has 0 N–H and O–H groups in total. The predicted molar refractivity (Wildman–Crippen MR) is 142 cm³/mol. The summed E-state index contributed by atoms with van der Waals surface area (Å²) >= 11 is 9.49. The summed E-state index contributed by atoms with van der Waals surface area (Å²) in [6.07, 6.45) is 5.67. The molecule has 1 saturated carbocycles. The molecule has 0 radical (unpaired) electrons. The Morgan fingerprint density at radius 1 is 1.06 bits per heavy atom. The monoisotopic (exact) mass is 497 g/mol. The van der Waals surface area contributed by atoms with Crippen molar-refractivity contribution in [1.82, 2.24) is 4.90 Å². The number of fused-ring (bicyclic) bond motifs is 1. The van der Waals surface area contributed by atoms with Crippen molar-refractivity contribution in [2.75, 3.05) is 11.4 Å². The second-order valence-electron chi connectivity index (χ2n) is 8.85. The van der Waals surface area contributed by atoms with E-state index in [2.05, 4.69) is 43.9 Å². The molecule has 1 saturated heterocycles. The quantitative estimate of drug-likeness (QED) is 0.408. The smallest absolute Gasteiger partial charge is 0.269 e. The van der Waals surface area contributed by atoms with E-state index < -0.39 is 0 Å². The SMILES string of the molecule is CCN1C(=C2SC(=Nc3ccc(C)cc3C)N(C3CCCCC3)C2=O)Sc2ccc(Cl)cc21. The average Bonchev–Trinajstić information content (AvgIpc) is 3.32. The Bertz CT molecular complexity index is 1170. The van der Waals surface area contributed by atoms with Gasteiger partial charge in [0.15, 0.2) is 5.17 Å². The normalized spacial score (nSPS) is 22.5. The second kappa shape index (κ2) is 9.40. The Morgan fingerprint density at radius 2 is 1.85 bits per heavy atom. The minimum Gasteiger partial charge on any atom is -0.334 e. The molecule has 3 aliphatic rings. The number of thioether (sulfide) groups is 2. The van der Waals surface area contributed by atoms with Gasteiger partial charge in [-0.25, -0.2) is 4.99 Å². The topological polar surface area (TPSA) is 35.9 Å². The Kier molecular flexibility index (Phi) is 6.51. The van der Waals surface area contributed by atoms with Crippen LogP contribution in [-0.2, 0) is 4.79 Å². The molecule has 7 heteroatoms. The number of nitrogens with zero attached hydrogens (tertiary/aromatic N) is 3. The Morgan fingerprint density at radius 3 is 2.58 bits per heavy atom. The maximum absolute atomic E-state index is 13.9. The van der Waals surface area contributed by atoms with Gasteiger partial charge in [-0.2, -0.15) is 0 Å². The third kappa shape index (κ3) is 4.33. The zero-order valence-corrected chi connectivity index (χ0v) is 21.6. The van der Waals surface area contributed by atoms with Gasteiger partial charge in [0.1, 0.15) is 9.93 Å². The summed E-state index contributed by atoms with van der Waals surface area (Å²) in [4.78, 5) is 25.1. The molecule has 172 valence electrons. The Balaban J connectivity index is 1.59. The number of anilines is 1. The molecule has 5 rings (SSSR count). The van der Waals surface area contributed by atoms with Crippen LogP contribution in [0.4, 0.5) is 11.4 Å². The maximum Gasteiger partial charge on any atom is 0.269 e. The first-order valence-electron chi connectivity index (χ1n) is 11.6. The summed E-state index contributed by atoms with van der Waals surface area (Å²) in [6, 6.07) is 12.5. The first-order valence-corrected chi connectivity index (χ1v) is 13.6. The van der Waals surface area contributed by atoms with Gasteiger partial charge in [0, 0.05) is 22.5 Å². The fourth-order valence-corrected chi connectivity index (χ4v) is 7.42. The molecule has 2 fully saturated rings. The van der Waals surface area contributed by atoms with E-state index in [1.54, 1.807) is 11.8 Å². The number of benzene rings is 2. The Labute approximate surface area is 209 Å². The Hall–Kier alpha value is -1.89. The highest BCUT2D eigenvalue weighted by molar-refractivity contribution is 8.19. The van der Waals surface area contributed by atoms with Gasteiger partial charge in [0.25, 0.3) is 5.91 Å². The van der Waals surface area contributed by atoms with Gasteiger partial charge in [0.2, 0.25) is 0 Å². The highest BCUT2D eigenvalue weighted by Crippen LogP contribution is 2.52. The first-order chi connectivity index (χ1) is 16.0. The van der Waals surface area contributed by atoms with Crippen molar-refractivity contribution in [2.45, 2.75) is 63.8 Å². The highest BCUT2D eigenvalue weighted by Gasteiger charge is 2.43. The summed E-state index contributed by atoms with van der Waals surface area (Å²) in [5.41, 5.74) is 4.36. The summed E-state index contributed by atoms with van der Waals surface area (Å²) in [7, 11) is 0. The van der Waals surface area contributed by atoms with E-state index in [0.717, 1.165) is 56.3 Å². The van der Waals surface area contributed by atoms with Crippen LogP contribution in [0.1, 0.15) is 50.2 Å². The number of hydrogen-bond donors (Lipinski definition) is 0. The van der Waals surface area contributed by atoms with Gasteiger partial charge in [-0.1, -0.05) is 60.3 Å². The number of aliphatic imine (C=N–C) groups is 1. The van der Waals surface area contributed by atoms with E-state index in [9.17, 15) is 4.79 Å². The number of amides is 1. The van der Waals surface area contributed by atoms with E-state index in [1.165, 1.54) is 36.6 Å².